The van der Waals surface area contributed by atoms with E-state index >= 15 is 0 Å². The smallest absolute Gasteiger partial charge is 0.339 e. The molecule has 1 fully saturated rings. The Bertz CT molecular complexity index is 698. The second-order valence-corrected chi connectivity index (χ2v) is 5.94. The maximum atomic E-state index is 11.6. The number of pyridine rings is 1. The molecule has 0 amide bonds. The van der Waals surface area contributed by atoms with Crippen molar-refractivity contribution in [2.45, 2.75) is 25.3 Å². The van der Waals surface area contributed by atoms with Gasteiger partial charge in [-0.2, -0.15) is 0 Å². The van der Waals surface area contributed by atoms with Crippen molar-refractivity contribution in [2.24, 2.45) is 5.73 Å². The van der Waals surface area contributed by atoms with Gasteiger partial charge in [0, 0.05) is 24.7 Å². The molecule has 2 heterocycles. The molecule has 1 aromatic heterocycles. The molecule has 1 aromatic carbocycles. The molecular formula is C18H23Cl2N3O2. The van der Waals surface area contributed by atoms with E-state index in [0.29, 0.717) is 12.4 Å². The number of anilines is 1. The Morgan fingerprint density at radius 3 is 2.52 bits per heavy atom. The van der Waals surface area contributed by atoms with Crippen LogP contribution in [0.1, 0.15) is 29.6 Å². The molecule has 1 saturated heterocycles. The highest BCUT2D eigenvalue weighted by molar-refractivity contribution is 5.94. The molecule has 1 unspecified atom stereocenters. The predicted molar refractivity (Wildman–Crippen MR) is 105 cm³/mol. The van der Waals surface area contributed by atoms with Crippen LogP contribution >= 0.6 is 24.8 Å². The zero-order chi connectivity index (χ0) is 16.2. The number of carbonyl (C=O) groups is 1. The zero-order valence-corrected chi connectivity index (χ0v) is 15.4. The standard InChI is InChI=1S/C18H21N3O2.2ClH/c19-14-8-4-5-11-21(12-14)17-15(18(22)23)9-10-16(20-17)13-6-2-1-3-7-13;;/h1-3,6-7,9-10,14H,4-5,8,11-12,19H2,(H,22,23);2*1H. The number of carboxylic acids is 1. The first-order chi connectivity index (χ1) is 11.1. The minimum absolute atomic E-state index is 0. The van der Waals surface area contributed by atoms with Crippen molar-refractivity contribution in [1.82, 2.24) is 4.98 Å². The maximum absolute atomic E-state index is 11.6. The molecule has 0 radical (unpaired) electrons. The Balaban J connectivity index is 0.00000156. The fraction of sp³-hybridized carbons (Fsp3) is 0.333. The van der Waals surface area contributed by atoms with Crippen molar-refractivity contribution in [1.29, 1.82) is 0 Å². The summed E-state index contributed by atoms with van der Waals surface area (Å²) in [5.74, 6) is -0.430. The van der Waals surface area contributed by atoms with E-state index in [1.54, 1.807) is 12.1 Å². The van der Waals surface area contributed by atoms with Gasteiger partial charge in [-0.1, -0.05) is 36.8 Å². The van der Waals surface area contributed by atoms with Gasteiger partial charge in [0.05, 0.1) is 5.69 Å². The number of rotatable bonds is 3. The molecule has 25 heavy (non-hydrogen) atoms. The topological polar surface area (TPSA) is 79.5 Å². The van der Waals surface area contributed by atoms with Gasteiger partial charge in [0.15, 0.2) is 0 Å². The molecule has 0 saturated carbocycles. The number of hydrogen-bond acceptors (Lipinski definition) is 4. The number of aromatic nitrogens is 1. The molecule has 2 aromatic rings. The average molecular weight is 384 g/mol. The van der Waals surface area contributed by atoms with Crippen molar-refractivity contribution < 1.29 is 9.90 Å². The SMILES string of the molecule is Cl.Cl.NC1CCCCN(c2nc(-c3ccccc3)ccc2C(=O)O)C1. The van der Waals surface area contributed by atoms with E-state index in [0.717, 1.165) is 37.1 Å². The highest BCUT2D eigenvalue weighted by Crippen LogP contribution is 2.26. The molecule has 1 aliphatic rings. The maximum Gasteiger partial charge on any atom is 0.339 e. The number of benzene rings is 1. The van der Waals surface area contributed by atoms with Crippen LogP contribution in [0, 0.1) is 0 Å². The molecule has 0 bridgehead atoms. The molecule has 0 spiro atoms. The summed E-state index contributed by atoms with van der Waals surface area (Å²) in [5, 5.41) is 9.50. The van der Waals surface area contributed by atoms with E-state index in [1.165, 1.54) is 0 Å². The van der Waals surface area contributed by atoms with Crippen molar-refractivity contribution in [3.63, 3.8) is 0 Å². The van der Waals surface area contributed by atoms with Crippen LogP contribution in [-0.4, -0.2) is 35.2 Å². The first-order valence-electron chi connectivity index (χ1n) is 7.95. The van der Waals surface area contributed by atoms with Crippen molar-refractivity contribution in [3.05, 3.63) is 48.0 Å². The summed E-state index contributed by atoms with van der Waals surface area (Å²) in [4.78, 5) is 18.3. The lowest BCUT2D eigenvalue weighted by molar-refractivity contribution is 0.0697. The minimum Gasteiger partial charge on any atom is -0.478 e. The van der Waals surface area contributed by atoms with Crippen molar-refractivity contribution in [2.75, 3.05) is 18.0 Å². The van der Waals surface area contributed by atoms with Crippen LogP contribution in [0.5, 0.6) is 0 Å². The van der Waals surface area contributed by atoms with Gasteiger partial charge in [-0.25, -0.2) is 9.78 Å². The van der Waals surface area contributed by atoms with Gasteiger partial charge in [-0.15, -0.1) is 24.8 Å². The van der Waals surface area contributed by atoms with Crippen LogP contribution in [0.4, 0.5) is 5.82 Å². The number of hydrogen-bond donors (Lipinski definition) is 2. The average Bonchev–Trinajstić information content (AvgIpc) is 2.79. The molecule has 1 atom stereocenters. The van der Waals surface area contributed by atoms with Crippen molar-refractivity contribution in [3.8, 4) is 11.3 Å². The second-order valence-electron chi connectivity index (χ2n) is 5.94. The Labute approximate surface area is 160 Å². The van der Waals surface area contributed by atoms with Gasteiger partial charge in [-0.3, -0.25) is 0 Å². The number of nitrogens with two attached hydrogens (primary N) is 1. The molecule has 136 valence electrons. The van der Waals surface area contributed by atoms with Crippen molar-refractivity contribution >= 4 is 36.6 Å². The summed E-state index contributed by atoms with van der Waals surface area (Å²) in [6, 6.07) is 13.3. The first kappa shape index (κ1) is 21.2. The fourth-order valence-electron chi connectivity index (χ4n) is 2.99. The molecule has 3 N–H and O–H groups in total. The predicted octanol–water partition coefficient (Wildman–Crippen LogP) is 3.61. The third-order valence-electron chi connectivity index (χ3n) is 4.18. The van der Waals surface area contributed by atoms with E-state index in [2.05, 4.69) is 4.98 Å². The number of halogens is 2. The number of nitrogens with zero attached hydrogens (tertiary/aromatic N) is 2. The van der Waals surface area contributed by atoms with Gasteiger partial charge in [-0.05, 0) is 25.0 Å². The lowest BCUT2D eigenvalue weighted by atomic mass is 10.1. The summed E-state index contributed by atoms with van der Waals surface area (Å²) in [6.45, 7) is 1.44. The van der Waals surface area contributed by atoms with Gasteiger partial charge in [0.25, 0.3) is 0 Å². The molecule has 7 heteroatoms. The van der Waals surface area contributed by atoms with Crippen LogP contribution < -0.4 is 10.6 Å². The third-order valence-corrected chi connectivity index (χ3v) is 4.18. The molecule has 1 aliphatic heterocycles. The quantitative estimate of drug-likeness (QED) is 0.845. The largest absolute Gasteiger partial charge is 0.478 e. The lowest BCUT2D eigenvalue weighted by Gasteiger charge is -2.25. The van der Waals surface area contributed by atoms with Gasteiger partial charge in [0.1, 0.15) is 11.4 Å². The van der Waals surface area contributed by atoms with E-state index in [-0.39, 0.29) is 36.4 Å². The lowest BCUT2D eigenvalue weighted by Crippen LogP contribution is -2.37. The Morgan fingerprint density at radius 2 is 1.84 bits per heavy atom. The van der Waals surface area contributed by atoms with Crippen LogP contribution in [0.3, 0.4) is 0 Å². The van der Waals surface area contributed by atoms with Gasteiger partial charge in [0.2, 0.25) is 0 Å². The Hall–Kier alpha value is -1.82. The molecule has 0 aliphatic carbocycles. The van der Waals surface area contributed by atoms with Gasteiger partial charge >= 0.3 is 5.97 Å². The highest BCUT2D eigenvalue weighted by atomic mass is 35.5. The summed E-state index contributed by atoms with van der Waals surface area (Å²) in [5.41, 5.74) is 8.11. The van der Waals surface area contributed by atoms with Crippen LogP contribution in [0.25, 0.3) is 11.3 Å². The van der Waals surface area contributed by atoms with Crippen LogP contribution in [0.2, 0.25) is 0 Å². The third kappa shape index (κ3) is 5.08. The monoisotopic (exact) mass is 383 g/mol. The summed E-state index contributed by atoms with van der Waals surface area (Å²) >= 11 is 0. The summed E-state index contributed by atoms with van der Waals surface area (Å²) in [6.07, 6.45) is 3.04. The second kappa shape index (κ2) is 9.61. The number of aromatic carboxylic acids is 1. The van der Waals surface area contributed by atoms with Crippen LogP contribution in [-0.2, 0) is 0 Å². The molecular weight excluding hydrogens is 361 g/mol. The molecule has 5 nitrogen and oxygen atoms in total. The van der Waals surface area contributed by atoms with E-state index in [4.69, 9.17) is 5.73 Å². The zero-order valence-electron chi connectivity index (χ0n) is 13.8. The van der Waals surface area contributed by atoms with Crippen LogP contribution in [0.15, 0.2) is 42.5 Å². The highest BCUT2D eigenvalue weighted by Gasteiger charge is 2.22. The van der Waals surface area contributed by atoms with E-state index in [1.807, 2.05) is 35.2 Å². The summed E-state index contributed by atoms with van der Waals surface area (Å²) < 4.78 is 0. The summed E-state index contributed by atoms with van der Waals surface area (Å²) in [7, 11) is 0. The minimum atomic E-state index is -0.954. The Morgan fingerprint density at radius 1 is 1.12 bits per heavy atom. The Kier molecular flexibility index (Phi) is 8.16. The van der Waals surface area contributed by atoms with Gasteiger partial charge < -0.3 is 15.7 Å². The van der Waals surface area contributed by atoms with E-state index in [9.17, 15) is 9.90 Å². The normalized spacial score (nSPS) is 17.0. The first-order valence-corrected chi connectivity index (χ1v) is 7.95. The number of carboxylic acid groups (broad SMARTS) is 1. The molecule has 3 rings (SSSR count). The fourth-order valence-corrected chi connectivity index (χ4v) is 2.99. The van der Waals surface area contributed by atoms with E-state index < -0.39 is 5.97 Å².